The van der Waals surface area contributed by atoms with Crippen LogP contribution in [0.5, 0.6) is 0 Å². The molecule has 0 aliphatic carbocycles. The van der Waals surface area contributed by atoms with Gasteiger partial charge in [-0.2, -0.15) is 0 Å². The molecule has 1 unspecified atom stereocenters. The number of hydrogen-bond donors (Lipinski definition) is 1. The van der Waals surface area contributed by atoms with Crippen molar-refractivity contribution in [1.82, 2.24) is 0 Å². The molecule has 0 bridgehead atoms. The first-order chi connectivity index (χ1) is 7.84. The van der Waals surface area contributed by atoms with Crippen LogP contribution in [-0.4, -0.2) is 26.0 Å². The topological polar surface area (TPSA) is 46.2 Å². The van der Waals surface area contributed by atoms with E-state index in [0.29, 0.717) is 5.02 Å². The molecule has 1 rings (SSSR count). The highest BCUT2D eigenvalue weighted by Crippen LogP contribution is 2.21. The first-order valence-corrected chi connectivity index (χ1v) is 7.77. The van der Waals surface area contributed by atoms with Gasteiger partial charge in [0.25, 0.3) is 0 Å². The average Bonchev–Trinajstić information content (AvgIpc) is 2.23. The third-order valence-corrected chi connectivity index (χ3v) is 4.67. The molecule has 3 nitrogen and oxygen atoms in total. The molecule has 1 atom stereocenters. The van der Waals surface area contributed by atoms with Crippen molar-refractivity contribution in [2.75, 3.05) is 16.8 Å². The second-order valence-electron chi connectivity index (χ2n) is 4.20. The van der Waals surface area contributed by atoms with E-state index < -0.39 is 9.84 Å². The minimum atomic E-state index is -2.96. The molecule has 1 aromatic rings. The van der Waals surface area contributed by atoms with Crippen molar-refractivity contribution in [1.29, 1.82) is 0 Å². The molecule has 0 heterocycles. The Balaban J connectivity index is 2.74. The Labute approximate surface area is 108 Å². The normalized spacial score (nSPS) is 13.4. The number of sulfone groups is 1. The molecule has 5 heteroatoms. The summed E-state index contributed by atoms with van der Waals surface area (Å²) in [7, 11) is -2.96. The van der Waals surface area contributed by atoms with Gasteiger partial charge >= 0.3 is 0 Å². The van der Waals surface area contributed by atoms with Gasteiger partial charge in [0.05, 0.1) is 5.75 Å². The summed E-state index contributed by atoms with van der Waals surface area (Å²) in [6, 6.07) is 5.41. The Morgan fingerprint density at radius 2 is 2.06 bits per heavy atom. The lowest BCUT2D eigenvalue weighted by Crippen LogP contribution is -2.27. The summed E-state index contributed by atoms with van der Waals surface area (Å²) in [6.45, 7) is 5.47. The van der Waals surface area contributed by atoms with Crippen LogP contribution < -0.4 is 5.32 Å². The van der Waals surface area contributed by atoms with E-state index in [1.807, 2.05) is 32.0 Å². The summed E-state index contributed by atoms with van der Waals surface area (Å²) in [5, 5.41) is 3.82. The van der Waals surface area contributed by atoms with Gasteiger partial charge in [-0.15, -0.1) is 0 Å². The van der Waals surface area contributed by atoms with Gasteiger partial charge in [0, 0.05) is 22.5 Å². The lowest BCUT2D eigenvalue weighted by atomic mass is 10.2. The quantitative estimate of drug-likeness (QED) is 0.899. The Morgan fingerprint density at radius 1 is 1.41 bits per heavy atom. The highest BCUT2D eigenvalue weighted by Gasteiger charge is 2.14. The summed E-state index contributed by atoms with van der Waals surface area (Å²) >= 11 is 5.90. The lowest BCUT2D eigenvalue weighted by molar-refractivity contribution is 0.593. The Morgan fingerprint density at radius 3 is 2.65 bits per heavy atom. The maximum Gasteiger partial charge on any atom is 0.152 e. The fraction of sp³-hybridized carbons (Fsp3) is 0.500. The largest absolute Gasteiger partial charge is 0.381 e. The first kappa shape index (κ1) is 14.3. The standard InChI is InChI=1S/C12H18ClNO2S/c1-4-17(15,16)8-10(3)14-12-7-11(13)6-5-9(12)2/h5-7,10,14H,4,8H2,1-3H3. The molecule has 0 spiro atoms. The van der Waals surface area contributed by atoms with Gasteiger partial charge in [-0.3, -0.25) is 0 Å². The van der Waals surface area contributed by atoms with Crippen molar-refractivity contribution in [2.45, 2.75) is 26.8 Å². The monoisotopic (exact) mass is 275 g/mol. The van der Waals surface area contributed by atoms with Gasteiger partial charge < -0.3 is 5.32 Å². The number of anilines is 1. The van der Waals surface area contributed by atoms with Gasteiger partial charge in [0.2, 0.25) is 0 Å². The summed E-state index contributed by atoms with van der Waals surface area (Å²) in [4.78, 5) is 0. The van der Waals surface area contributed by atoms with Crippen LogP contribution in [0.15, 0.2) is 18.2 Å². The van der Waals surface area contributed by atoms with Gasteiger partial charge in [-0.1, -0.05) is 24.6 Å². The predicted octanol–water partition coefficient (Wildman–Crippen LogP) is 2.88. The molecule has 0 aliphatic rings. The molecule has 0 saturated heterocycles. The molecule has 0 aliphatic heterocycles. The molecule has 1 aromatic carbocycles. The number of rotatable bonds is 5. The molecule has 0 fully saturated rings. The van der Waals surface area contributed by atoms with Crippen LogP contribution in [0.1, 0.15) is 19.4 Å². The third kappa shape index (κ3) is 4.56. The van der Waals surface area contributed by atoms with Gasteiger partial charge in [-0.05, 0) is 31.5 Å². The smallest absolute Gasteiger partial charge is 0.152 e. The number of benzene rings is 1. The zero-order valence-electron chi connectivity index (χ0n) is 10.3. The minimum Gasteiger partial charge on any atom is -0.381 e. The van der Waals surface area contributed by atoms with Crippen LogP contribution >= 0.6 is 11.6 Å². The molecule has 0 radical (unpaired) electrons. The fourth-order valence-corrected chi connectivity index (χ4v) is 2.81. The van der Waals surface area contributed by atoms with Gasteiger partial charge in [0.15, 0.2) is 9.84 Å². The van der Waals surface area contributed by atoms with E-state index in [-0.39, 0.29) is 17.5 Å². The average molecular weight is 276 g/mol. The van der Waals surface area contributed by atoms with Crippen LogP contribution in [0.2, 0.25) is 5.02 Å². The van der Waals surface area contributed by atoms with E-state index in [0.717, 1.165) is 11.3 Å². The highest BCUT2D eigenvalue weighted by atomic mass is 35.5. The summed E-state index contributed by atoms with van der Waals surface area (Å²) in [5.41, 5.74) is 1.94. The summed E-state index contributed by atoms with van der Waals surface area (Å²) in [6.07, 6.45) is 0. The number of halogens is 1. The van der Waals surface area contributed by atoms with Gasteiger partial charge in [-0.25, -0.2) is 8.42 Å². The van der Waals surface area contributed by atoms with Crippen LogP contribution in [-0.2, 0) is 9.84 Å². The van der Waals surface area contributed by atoms with Crippen molar-refractivity contribution in [2.24, 2.45) is 0 Å². The number of nitrogens with one attached hydrogen (secondary N) is 1. The van der Waals surface area contributed by atoms with Crippen molar-refractivity contribution in [3.63, 3.8) is 0 Å². The van der Waals surface area contributed by atoms with E-state index in [1.54, 1.807) is 6.92 Å². The van der Waals surface area contributed by atoms with Crippen LogP contribution in [0.4, 0.5) is 5.69 Å². The van der Waals surface area contributed by atoms with E-state index in [9.17, 15) is 8.42 Å². The minimum absolute atomic E-state index is 0.128. The molecule has 1 N–H and O–H groups in total. The van der Waals surface area contributed by atoms with E-state index >= 15 is 0 Å². The number of hydrogen-bond acceptors (Lipinski definition) is 3. The fourth-order valence-electron chi connectivity index (χ4n) is 1.56. The Hall–Kier alpha value is -0.740. The van der Waals surface area contributed by atoms with Crippen LogP contribution in [0.3, 0.4) is 0 Å². The Kier molecular flexibility index (Phi) is 4.83. The third-order valence-electron chi connectivity index (χ3n) is 2.55. The van der Waals surface area contributed by atoms with Crippen LogP contribution in [0.25, 0.3) is 0 Å². The zero-order chi connectivity index (χ0) is 13.1. The van der Waals surface area contributed by atoms with E-state index in [4.69, 9.17) is 11.6 Å². The maximum atomic E-state index is 11.5. The molecule has 96 valence electrons. The second-order valence-corrected chi connectivity index (χ2v) is 7.04. The van der Waals surface area contributed by atoms with Crippen molar-refractivity contribution in [3.05, 3.63) is 28.8 Å². The highest BCUT2D eigenvalue weighted by molar-refractivity contribution is 7.91. The lowest BCUT2D eigenvalue weighted by Gasteiger charge is -2.17. The summed E-state index contributed by atoms with van der Waals surface area (Å²) in [5.74, 6) is 0.309. The molecular weight excluding hydrogens is 258 g/mol. The molecule has 0 amide bonds. The first-order valence-electron chi connectivity index (χ1n) is 5.57. The SMILES string of the molecule is CCS(=O)(=O)CC(C)Nc1cc(Cl)ccc1C. The zero-order valence-corrected chi connectivity index (χ0v) is 11.9. The van der Waals surface area contributed by atoms with E-state index in [2.05, 4.69) is 5.32 Å². The predicted molar refractivity (Wildman–Crippen MR) is 73.6 cm³/mol. The van der Waals surface area contributed by atoms with E-state index in [1.165, 1.54) is 0 Å². The summed E-state index contributed by atoms with van der Waals surface area (Å²) < 4.78 is 23.0. The van der Waals surface area contributed by atoms with Crippen LogP contribution in [0, 0.1) is 6.92 Å². The maximum absolute atomic E-state index is 11.5. The van der Waals surface area contributed by atoms with Crippen molar-refractivity contribution < 1.29 is 8.42 Å². The molecule has 0 aromatic heterocycles. The van der Waals surface area contributed by atoms with Gasteiger partial charge in [0.1, 0.15) is 0 Å². The second kappa shape index (κ2) is 5.74. The van der Waals surface area contributed by atoms with Crippen molar-refractivity contribution >= 4 is 27.1 Å². The molecular formula is C12H18ClNO2S. The number of aryl methyl sites for hydroxylation is 1. The van der Waals surface area contributed by atoms with Crippen molar-refractivity contribution in [3.8, 4) is 0 Å². The molecule has 0 saturated carbocycles. The Bertz CT molecular complexity index is 485. The molecule has 17 heavy (non-hydrogen) atoms.